The number of hydrogen-bond donors (Lipinski definition) is 2. The Labute approximate surface area is 130 Å². The van der Waals surface area contributed by atoms with E-state index < -0.39 is 10.0 Å². The number of benzene rings is 1. The number of carbonyl (C=O) groups excluding carboxylic acids is 1. The lowest BCUT2D eigenvalue weighted by molar-refractivity contribution is -0.121. The van der Waals surface area contributed by atoms with Crippen LogP contribution >= 0.6 is 11.6 Å². The highest BCUT2D eigenvalue weighted by molar-refractivity contribution is 7.89. The number of nitrogen functional groups attached to an aromatic ring is 1. The Morgan fingerprint density at radius 3 is 2.62 bits per heavy atom. The molecule has 1 aromatic rings. The van der Waals surface area contributed by atoms with E-state index in [-0.39, 0.29) is 28.1 Å². The van der Waals surface area contributed by atoms with E-state index in [1.807, 2.05) is 13.8 Å². The fourth-order valence-electron chi connectivity index (χ4n) is 1.56. The highest BCUT2D eigenvalue weighted by Crippen LogP contribution is 2.24. The van der Waals surface area contributed by atoms with Crippen LogP contribution in [0.3, 0.4) is 0 Å². The molecule has 8 heteroatoms. The first-order valence-corrected chi connectivity index (χ1v) is 8.24. The Hall–Kier alpha value is -1.31. The van der Waals surface area contributed by atoms with Crippen LogP contribution in [-0.2, 0) is 14.8 Å². The molecule has 0 radical (unpaired) electrons. The number of nitrogens with zero attached hydrogens (tertiary/aromatic N) is 1. The Morgan fingerprint density at radius 1 is 1.43 bits per heavy atom. The molecule has 0 saturated carbocycles. The largest absolute Gasteiger partial charge is 0.398 e. The highest BCUT2D eigenvalue weighted by Gasteiger charge is 2.25. The Morgan fingerprint density at radius 2 is 2.05 bits per heavy atom. The maximum absolute atomic E-state index is 12.4. The topological polar surface area (TPSA) is 92.5 Å². The molecule has 0 spiro atoms. The average Bonchev–Trinajstić information content (AvgIpc) is 2.39. The first kappa shape index (κ1) is 17.7. The monoisotopic (exact) mass is 333 g/mol. The second-order valence-corrected chi connectivity index (χ2v) is 7.59. The summed E-state index contributed by atoms with van der Waals surface area (Å²) in [5.41, 5.74) is 5.77. The summed E-state index contributed by atoms with van der Waals surface area (Å²) in [4.78, 5) is 11.6. The van der Waals surface area contributed by atoms with Gasteiger partial charge in [-0.15, -0.1) is 0 Å². The van der Waals surface area contributed by atoms with Gasteiger partial charge in [0.05, 0.1) is 12.2 Å². The van der Waals surface area contributed by atoms with Crippen LogP contribution in [0.2, 0.25) is 5.02 Å². The van der Waals surface area contributed by atoms with Crippen molar-refractivity contribution in [3.05, 3.63) is 23.2 Å². The van der Waals surface area contributed by atoms with Crippen molar-refractivity contribution in [3.63, 3.8) is 0 Å². The van der Waals surface area contributed by atoms with Crippen LogP contribution < -0.4 is 11.1 Å². The lowest BCUT2D eigenvalue weighted by Gasteiger charge is -2.18. The van der Waals surface area contributed by atoms with Crippen LogP contribution in [0.25, 0.3) is 0 Å². The number of hydrogen-bond acceptors (Lipinski definition) is 4. The van der Waals surface area contributed by atoms with Gasteiger partial charge in [-0.3, -0.25) is 4.79 Å². The molecule has 0 unspecified atom stereocenters. The first-order chi connectivity index (χ1) is 9.64. The fourth-order valence-corrected chi connectivity index (χ4v) is 3.06. The normalized spacial score (nSPS) is 11.9. The molecule has 0 aliphatic rings. The number of nitrogens with one attached hydrogen (secondary N) is 1. The van der Waals surface area contributed by atoms with Gasteiger partial charge in [0.25, 0.3) is 0 Å². The van der Waals surface area contributed by atoms with Crippen LogP contribution in [0.4, 0.5) is 5.69 Å². The first-order valence-electron chi connectivity index (χ1n) is 6.42. The Balaban J connectivity index is 2.87. The highest BCUT2D eigenvalue weighted by atomic mass is 35.5. The van der Waals surface area contributed by atoms with Crippen LogP contribution in [0.5, 0.6) is 0 Å². The van der Waals surface area contributed by atoms with Gasteiger partial charge in [-0.1, -0.05) is 25.4 Å². The van der Waals surface area contributed by atoms with Crippen molar-refractivity contribution < 1.29 is 13.2 Å². The maximum Gasteiger partial charge on any atom is 0.245 e. The predicted octanol–water partition coefficient (Wildman–Crippen LogP) is 1.31. The number of sulfonamides is 1. The van der Waals surface area contributed by atoms with Gasteiger partial charge in [-0.2, -0.15) is 4.31 Å². The number of carbonyl (C=O) groups is 1. The standard InChI is InChI=1S/C13H20ClN3O3S/c1-9(2)7-16-13(18)8-17(3)21(19,20)12-6-10(14)4-5-11(12)15/h4-6,9H,7-8,15H2,1-3H3,(H,16,18). The number of halogens is 1. The van der Waals surface area contributed by atoms with Gasteiger partial charge < -0.3 is 11.1 Å². The van der Waals surface area contributed by atoms with E-state index in [0.717, 1.165) is 4.31 Å². The molecule has 0 aromatic heterocycles. The SMILES string of the molecule is CC(C)CNC(=O)CN(C)S(=O)(=O)c1cc(Cl)ccc1N. The third-order valence-corrected chi connectivity index (χ3v) is 4.83. The zero-order chi connectivity index (χ0) is 16.2. The maximum atomic E-state index is 12.4. The zero-order valence-electron chi connectivity index (χ0n) is 12.3. The Bertz CT molecular complexity index is 617. The summed E-state index contributed by atoms with van der Waals surface area (Å²) in [5.74, 6) is -0.0742. The Kier molecular flexibility index (Phi) is 6.00. The summed E-state index contributed by atoms with van der Waals surface area (Å²) in [6.45, 7) is 4.12. The van der Waals surface area contributed by atoms with Crippen molar-refractivity contribution in [2.45, 2.75) is 18.7 Å². The summed E-state index contributed by atoms with van der Waals surface area (Å²) in [6, 6.07) is 4.20. The van der Waals surface area contributed by atoms with Crippen LogP contribution in [0.1, 0.15) is 13.8 Å². The zero-order valence-corrected chi connectivity index (χ0v) is 13.8. The minimum Gasteiger partial charge on any atom is -0.398 e. The molecular weight excluding hydrogens is 314 g/mol. The van der Waals surface area contributed by atoms with Crippen molar-refractivity contribution >= 4 is 33.2 Å². The summed E-state index contributed by atoms with van der Waals surface area (Å²) >= 11 is 5.80. The van der Waals surface area contributed by atoms with Gasteiger partial charge in [-0.25, -0.2) is 8.42 Å². The van der Waals surface area contributed by atoms with Gasteiger partial charge >= 0.3 is 0 Å². The van der Waals surface area contributed by atoms with E-state index in [4.69, 9.17) is 17.3 Å². The van der Waals surface area contributed by atoms with Gasteiger partial charge in [-0.05, 0) is 24.1 Å². The number of anilines is 1. The number of nitrogens with two attached hydrogens (primary N) is 1. The predicted molar refractivity (Wildman–Crippen MR) is 83.5 cm³/mol. The van der Waals surface area contributed by atoms with Crippen LogP contribution in [-0.4, -0.2) is 38.8 Å². The van der Waals surface area contributed by atoms with Crippen molar-refractivity contribution in [3.8, 4) is 0 Å². The van der Waals surface area contributed by atoms with Gasteiger partial charge in [0.1, 0.15) is 4.90 Å². The van der Waals surface area contributed by atoms with Crippen LogP contribution in [0, 0.1) is 5.92 Å². The molecule has 0 bridgehead atoms. The third kappa shape index (κ3) is 4.87. The molecule has 0 heterocycles. The van der Waals surface area contributed by atoms with Crippen molar-refractivity contribution in [1.29, 1.82) is 0 Å². The number of amides is 1. The van der Waals surface area contributed by atoms with Crippen molar-refractivity contribution in [1.82, 2.24) is 9.62 Å². The van der Waals surface area contributed by atoms with E-state index in [9.17, 15) is 13.2 Å². The lowest BCUT2D eigenvalue weighted by atomic mass is 10.2. The van der Waals surface area contributed by atoms with E-state index in [0.29, 0.717) is 12.5 Å². The van der Waals surface area contributed by atoms with E-state index in [2.05, 4.69) is 5.32 Å². The van der Waals surface area contributed by atoms with E-state index >= 15 is 0 Å². The molecule has 0 fully saturated rings. The van der Waals surface area contributed by atoms with Crippen molar-refractivity contribution in [2.24, 2.45) is 5.92 Å². The van der Waals surface area contributed by atoms with Crippen LogP contribution in [0.15, 0.2) is 23.1 Å². The molecule has 1 aromatic carbocycles. The molecule has 0 atom stereocenters. The second-order valence-electron chi connectivity index (χ2n) is 5.14. The minimum atomic E-state index is -3.86. The third-order valence-electron chi connectivity index (χ3n) is 2.74. The molecule has 118 valence electrons. The van der Waals surface area contributed by atoms with E-state index in [1.165, 1.54) is 25.2 Å². The van der Waals surface area contributed by atoms with Gasteiger partial charge in [0, 0.05) is 18.6 Å². The molecule has 21 heavy (non-hydrogen) atoms. The van der Waals surface area contributed by atoms with Gasteiger partial charge in [0.15, 0.2) is 0 Å². The molecule has 1 rings (SSSR count). The summed E-state index contributed by atoms with van der Waals surface area (Å²) < 4.78 is 25.7. The molecule has 0 saturated heterocycles. The smallest absolute Gasteiger partial charge is 0.245 e. The van der Waals surface area contributed by atoms with Gasteiger partial charge in [0.2, 0.25) is 15.9 Å². The number of likely N-dealkylation sites (N-methyl/N-ethyl adjacent to an activating group) is 1. The molecule has 0 aliphatic carbocycles. The quantitative estimate of drug-likeness (QED) is 0.768. The molecule has 1 amide bonds. The average molecular weight is 334 g/mol. The van der Waals surface area contributed by atoms with E-state index in [1.54, 1.807) is 0 Å². The summed E-state index contributed by atoms with van der Waals surface area (Å²) in [6.07, 6.45) is 0. The molecule has 3 N–H and O–H groups in total. The molecule has 0 aliphatic heterocycles. The number of rotatable bonds is 6. The second kappa shape index (κ2) is 7.11. The lowest BCUT2D eigenvalue weighted by Crippen LogP contribution is -2.39. The summed E-state index contributed by atoms with van der Waals surface area (Å²) in [7, 11) is -2.54. The molecule has 6 nitrogen and oxygen atoms in total. The minimum absolute atomic E-state index is 0.0915. The molecular formula is C13H20ClN3O3S. The fraction of sp³-hybridized carbons (Fsp3) is 0.462. The summed E-state index contributed by atoms with van der Waals surface area (Å²) in [5, 5.41) is 2.92. The van der Waals surface area contributed by atoms with Crippen molar-refractivity contribution in [2.75, 3.05) is 25.9 Å².